The smallest absolute Gasteiger partial charge is 0.237 e. The van der Waals surface area contributed by atoms with E-state index in [2.05, 4.69) is 10.3 Å². The summed E-state index contributed by atoms with van der Waals surface area (Å²) in [4.78, 5) is 15.6. The fourth-order valence-electron chi connectivity index (χ4n) is 0.998. The lowest BCUT2D eigenvalue weighted by Crippen LogP contribution is -2.39. The molecule has 0 aliphatic carbocycles. The number of hydrogen-bond donors (Lipinski definition) is 2. The van der Waals surface area contributed by atoms with Crippen molar-refractivity contribution in [2.24, 2.45) is 5.73 Å². The SMILES string of the molecule is Cc1nc(C(C)NC(=O)C(C)N)cs1.Cl.Cl. The zero-order valence-electron chi connectivity index (χ0n) is 9.39. The first-order chi connectivity index (χ1) is 6.50. The highest BCUT2D eigenvalue weighted by molar-refractivity contribution is 7.09. The van der Waals surface area contributed by atoms with Gasteiger partial charge >= 0.3 is 0 Å². The van der Waals surface area contributed by atoms with Crippen LogP contribution in [0.3, 0.4) is 0 Å². The molecule has 2 unspecified atom stereocenters. The minimum atomic E-state index is -0.475. The summed E-state index contributed by atoms with van der Waals surface area (Å²) >= 11 is 1.57. The molecular formula is C9H17Cl2N3OS. The molecule has 1 aromatic heterocycles. The van der Waals surface area contributed by atoms with E-state index in [-0.39, 0.29) is 36.8 Å². The molecule has 1 heterocycles. The predicted molar refractivity (Wildman–Crippen MR) is 71.6 cm³/mol. The van der Waals surface area contributed by atoms with Crippen LogP contribution in [-0.2, 0) is 4.79 Å². The van der Waals surface area contributed by atoms with Gasteiger partial charge in [-0.15, -0.1) is 36.2 Å². The van der Waals surface area contributed by atoms with Gasteiger partial charge in [-0.05, 0) is 20.8 Å². The monoisotopic (exact) mass is 285 g/mol. The second kappa shape index (κ2) is 7.84. The maximum atomic E-state index is 11.3. The van der Waals surface area contributed by atoms with Gasteiger partial charge in [0.2, 0.25) is 5.91 Å². The molecule has 3 N–H and O–H groups in total. The third-order valence-corrected chi connectivity index (χ3v) is 2.64. The Morgan fingerprint density at radius 1 is 1.50 bits per heavy atom. The Morgan fingerprint density at radius 3 is 2.44 bits per heavy atom. The standard InChI is InChI=1S/C9H15N3OS.2ClH/c1-5(10)9(13)11-6(2)8-4-14-7(3)12-8;;/h4-6H,10H2,1-3H3,(H,11,13);2*1H. The van der Waals surface area contributed by atoms with E-state index in [1.54, 1.807) is 18.3 Å². The second-order valence-electron chi connectivity index (χ2n) is 3.31. The van der Waals surface area contributed by atoms with Crippen molar-refractivity contribution in [3.05, 3.63) is 16.1 Å². The number of nitrogens with two attached hydrogens (primary N) is 1. The van der Waals surface area contributed by atoms with Gasteiger partial charge in [0.25, 0.3) is 0 Å². The summed E-state index contributed by atoms with van der Waals surface area (Å²) in [6, 6.07) is -0.546. The zero-order valence-corrected chi connectivity index (χ0v) is 11.8. The average molecular weight is 286 g/mol. The highest BCUT2D eigenvalue weighted by atomic mass is 35.5. The lowest BCUT2D eigenvalue weighted by molar-refractivity contribution is -0.122. The van der Waals surface area contributed by atoms with Gasteiger partial charge in [0.1, 0.15) is 0 Å². The first kappa shape index (κ1) is 18.0. The van der Waals surface area contributed by atoms with E-state index >= 15 is 0 Å². The number of aryl methyl sites for hydroxylation is 1. The number of aromatic nitrogens is 1. The summed E-state index contributed by atoms with van der Waals surface area (Å²) in [5, 5.41) is 5.74. The van der Waals surface area contributed by atoms with Crippen LogP contribution in [0.4, 0.5) is 0 Å². The summed E-state index contributed by atoms with van der Waals surface area (Å²) < 4.78 is 0. The molecule has 0 spiro atoms. The second-order valence-corrected chi connectivity index (χ2v) is 4.37. The van der Waals surface area contributed by atoms with Crippen molar-refractivity contribution in [3.63, 3.8) is 0 Å². The molecule has 0 bridgehead atoms. The Labute approximate surface area is 112 Å². The van der Waals surface area contributed by atoms with E-state index in [0.717, 1.165) is 10.7 Å². The van der Waals surface area contributed by atoms with Crippen molar-refractivity contribution in [2.45, 2.75) is 32.9 Å². The van der Waals surface area contributed by atoms with Crippen molar-refractivity contribution in [3.8, 4) is 0 Å². The molecule has 4 nitrogen and oxygen atoms in total. The lowest BCUT2D eigenvalue weighted by Gasteiger charge is -2.13. The maximum Gasteiger partial charge on any atom is 0.237 e. The third-order valence-electron chi connectivity index (χ3n) is 1.85. The Balaban J connectivity index is 0. The number of amides is 1. The van der Waals surface area contributed by atoms with Gasteiger partial charge in [-0.2, -0.15) is 0 Å². The molecule has 0 aliphatic heterocycles. The van der Waals surface area contributed by atoms with Crippen molar-refractivity contribution in [2.75, 3.05) is 0 Å². The first-order valence-electron chi connectivity index (χ1n) is 4.48. The van der Waals surface area contributed by atoms with E-state index in [0.29, 0.717) is 0 Å². The molecule has 1 amide bonds. The summed E-state index contributed by atoms with van der Waals surface area (Å²) in [6.07, 6.45) is 0. The van der Waals surface area contributed by atoms with E-state index in [4.69, 9.17) is 5.73 Å². The number of halogens is 2. The Kier molecular flexibility index (Phi) is 8.83. The van der Waals surface area contributed by atoms with Crippen LogP contribution < -0.4 is 11.1 Å². The number of thiazole rings is 1. The Bertz CT molecular complexity index is 330. The van der Waals surface area contributed by atoms with E-state index in [1.165, 1.54) is 0 Å². The number of carbonyl (C=O) groups is 1. The summed E-state index contributed by atoms with van der Waals surface area (Å²) in [5.74, 6) is -0.150. The molecule has 1 rings (SSSR count). The van der Waals surface area contributed by atoms with Crippen molar-refractivity contribution < 1.29 is 4.79 Å². The van der Waals surface area contributed by atoms with E-state index < -0.39 is 6.04 Å². The molecule has 16 heavy (non-hydrogen) atoms. The lowest BCUT2D eigenvalue weighted by atomic mass is 10.2. The summed E-state index contributed by atoms with van der Waals surface area (Å²) in [6.45, 7) is 5.50. The fraction of sp³-hybridized carbons (Fsp3) is 0.556. The van der Waals surface area contributed by atoms with Crippen LogP contribution >= 0.6 is 36.2 Å². The summed E-state index contributed by atoms with van der Waals surface area (Å²) in [5.41, 5.74) is 6.33. The molecule has 0 radical (unpaired) electrons. The quantitative estimate of drug-likeness (QED) is 0.890. The topological polar surface area (TPSA) is 68.0 Å². The number of hydrogen-bond acceptors (Lipinski definition) is 4. The van der Waals surface area contributed by atoms with Crippen molar-refractivity contribution in [1.82, 2.24) is 10.3 Å². The van der Waals surface area contributed by atoms with Crippen LogP contribution in [0.1, 0.15) is 30.6 Å². The van der Waals surface area contributed by atoms with Crippen LogP contribution in [0.5, 0.6) is 0 Å². The first-order valence-corrected chi connectivity index (χ1v) is 5.36. The Hall–Kier alpha value is -0.360. The van der Waals surface area contributed by atoms with E-state index in [9.17, 15) is 4.79 Å². The zero-order chi connectivity index (χ0) is 10.7. The molecule has 0 fully saturated rings. The molecular weight excluding hydrogens is 269 g/mol. The number of nitrogens with zero attached hydrogens (tertiary/aromatic N) is 1. The normalized spacial score (nSPS) is 13.0. The van der Waals surface area contributed by atoms with Crippen LogP contribution in [0.15, 0.2) is 5.38 Å². The van der Waals surface area contributed by atoms with Gasteiger partial charge in [0, 0.05) is 5.38 Å². The average Bonchev–Trinajstić information content (AvgIpc) is 2.51. The molecule has 0 saturated heterocycles. The minimum Gasteiger partial charge on any atom is -0.347 e. The third kappa shape index (κ3) is 5.12. The van der Waals surface area contributed by atoms with E-state index in [1.807, 2.05) is 19.2 Å². The number of nitrogens with one attached hydrogen (secondary N) is 1. The van der Waals surface area contributed by atoms with Crippen molar-refractivity contribution in [1.29, 1.82) is 0 Å². The van der Waals surface area contributed by atoms with Crippen LogP contribution in [0.2, 0.25) is 0 Å². The minimum absolute atomic E-state index is 0. The predicted octanol–water partition coefficient (Wildman–Crippen LogP) is 1.82. The molecule has 2 atom stereocenters. The highest BCUT2D eigenvalue weighted by Crippen LogP contribution is 2.15. The van der Waals surface area contributed by atoms with Crippen molar-refractivity contribution >= 4 is 42.1 Å². The summed E-state index contributed by atoms with van der Waals surface area (Å²) in [7, 11) is 0. The highest BCUT2D eigenvalue weighted by Gasteiger charge is 2.14. The van der Waals surface area contributed by atoms with Crippen LogP contribution in [-0.4, -0.2) is 16.9 Å². The van der Waals surface area contributed by atoms with Gasteiger partial charge in [-0.3, -0.25) is 4.79 Å². The molecule has 1 aromatic rings. The molecule has 94 valence electrons. The molecule has 0 aromatic carbocycles. The van der Waals surface area contributed by atoms with Crippen LogP contribution in [0, 0.1) is 6.92 Å². The van der Waals surface area contributed by atoms with Gasteiger partial charge in [0.05, 0.1) is 22.8 Å². The van der Waals surface area contributed by atoms with Gasteiger partial charge in [0.15, 0.2) is 0 Å². The van der Waals surface area contributed by atoms with Gasteiger partial charge in [-0.25, -0.2) is 4.98 Å². The number of carbonyl (C=O) groups excluding carboxylic acids is 1. The van der Waals surface area contributed by atoms with Gasteiger partial charge < -0.3 is 11.1 Å². The number of rotatable bonds is 3. The Morgan fingerprint density at radius 2 is 2.06 bits per heavy atom. The molecule has 0 aliphatic rings. The van der Waals surface area contributed by atoms with Crippen LogP contribution in [0.25, 0.3) is 0 Å². The van der Waals surface area contributed by atoms with Gasteiger partial charge in [-0.1, -0.05) is 0 Å². The largest absolute Gasteiger partial charge is 0.347 e. The fourth-order valence-corrected chi connectivity index (χ4v) is 1.70. The molecule has 0 saturated carbocycles. The maximum absolute atomic E-state index is 11.3. The molecule has 7 heteroatoms.